The van der Waals surface area contributed by atoms with Crippen molar-refractivity contribution in [3.63, 3.8) is 0 Å². The van der Waals surface area contributed by atoms with Gasteiger partial charge in [0.25, 0.3) is 0 Å². The minimum Gasteiger partial charge on any atom is -0.493 e. The molecule has 0 saturated carbocycles. The van der Waals surface area contributed by atoms with Gasteiger partial charge in [-0.15, -0.1) is 0 Å². The van der Waals surface area contributed by atoms with Crippen LogP contribution in [0.1, 0.15) is 41.0 Å². The highest BCUT2D eigenvalue weighted by molar-refractivity contribution is 6.00. The Morgan fingerprint density at radius 3 is 2.43 bits per heavy atom. The molecular weight excluding hydrogens is 388 g/mol. The van der Waals surface area contributed by atoms with E-state index in [4.69, 9.17) is 23.7 Å². The molecule has 1 aliphatic rings. The van der Waals surface area contributed by atoms with Gasteiger partial charge >= 0.3 is 5.97 Å². The summed E-state index contributed by atoms with van der Waals surface area (Å²) >= 11 is 0. The van der Waals surface area contributed by atoms with Crippen molar-refractivity contribution in [3.05, 3.63) is 47.5 Å². The quantitative estimate of drug-likeness (QED) is 0.454. The largest absolute Gasteiger partial charge is 0.493 e. The number of rotatable bonds is 9. The summed E-state index contributed by atoms with van der Waals surface area (Å²) in [6.07, 6.45) is 0.912. The summed E-state index contributed by atoms with van der Waals surface area (Å²) in [7, 11) is 1.51. The van der Waals surface area contributed by atoms with Crippen LogP contribution in [0.2, 0.25) is 0 Å². The van der Waals surface area contributed by atoms with Gasteiger partial charge in [-0.2, -0.15) is 0 Å². The molecule has 2 aromatic rings. The van der Waals surface area contributed by atoms with Crippen molar-refractivity contribution in [3.8, 4) is 23.0 Å². The van der Waals surface area contributed by atoms with Crippen LogP contribution in [0.5, 0.6) is 23.0 Å². The molecule has 160 valence electrons. The molecule has 3 rings (SSSR count). The molecule has 0 saturated heterocycles. The Hall–Kier alpha value is -3.22. The fourth-order valence-electron chi connectivity index (χ4n) is 2.83. The van der Waals surface area contributed by atoms with E-state index in [1.165, 1.54) is 7.11 Å². The molecule has 0 fully saturated rings. The van der Waals surface area contributed by atoms with Crippen molar-refractivity contribution in [2.24, 2.45) is 5.92 Å². The number of methoxy groups -OCH3 is 1. The zero-order valence-electron chi connectivity index (χ0n) is 17.4. The first-order valence-electron chi connectivity index (χ1n) is 9.88. The third-order valence-corrected chi connectivity index (χ3v) is 4.55. The smallest absolute Gasteiger partial charge is 0.338 e. The predicted molar refractivity (Wildman–Crippen MR) is 110 cm³/mol. The lowest BCUT2D eigenvalue weighted by molar-refractivity contribution is 0.0474. The van der Waals surface area contributed by atoms with Crippen molar-refractivity contribution in [2.75, 3.05) is 33.5 Å². The van der Waals surface area contributed by atoms with Crippen LogP contribution in [0.4, 0.5) is 0 Å². The standard InChI is InChI=1S/C23H26O7/c1-15(2)8-9-27-19-7-5-17(13-21(19)26-3)23(25)30-14-18(24)16-4-6-20-22(12-16)29-11-10-28-20/h4-7,12-13,15H,8-11,14H2,1-3H3. The molecule has 0 radical (unpaired) electrons. The molecule has 0 aromatic heterocycles. The highest BCUT2D eigenvalue weighted by Gasteiger charge is 2.18. The van der Waals surface area contributed by atoms with Crippen LogP contribution in [-0.4, -0.2) is 45.3 Å². The van der Waals surface area contributed by atoms with E-state index in [0.29, 0.717) is 54.3 Å². The second-order valence-electron chi connectivity index (χ2n) is 7.25. The summed E-state index contributed by atoms with van der Waals surface area (Å²) in [5.41, 5.74) is 0.663. The molecule has 7 heteroatoms. The number of benzene rings is 2. The van der Waals surface area contributed by atoms with Crippen molar-refractivity contribution in [2.45, 2.75) is 20.3 Å². The normalized spacial score (nSPS) is 12.4. The van der Waals surface area contributed by atoms with Gasteiger partial charge in [-0.3, -0.25) is 4.79 Å². The summed E-state index contributed by atoms with van der Waals surface area (Å²) in [4.78, 5) is 24.8. The molecule has 0 amide bonds. The number of hydrogen-bond donors (Lipinski definition) is 0. The van der Waals surface area contributed by atoms with Gasteiger partial charge in [0.2, 0.25) is 0 Å². The van der Waals surface area contributed by atoms with Crippen LogP contribution >= 0.6 is 0 Å². The van der Waals surface area contributed by atoms with E-state index in [-0.39, 0.29) is 18.0 Å². The van der Waals surface area contributed by atoms with E-state index in [2.05, 4.69) is 13.8 Å². The first kappa shape index (κ1) is 21.5. The van der Waals surface area contributed by atoms with Gasteiger partial charge in [-0.1, -0.05) is 13.8 Å². The van der Waals surface area contributed by atoms with E-state index in [0.717, 1.165) is 6.42 Å². The maximum atomic E-state index is 12.4. The Morgan fingerprint density at radius 1 is 0.967 bits per heavy atom. The lowest BCUT2D eigenvalue weighted by Crippen LogP contribution is -2.17. The average Bonchev–Trinajstić information content (AvgIpc) is 2.76. The van der Waals surface area contributed by atoms with Gasteiger partial charge in [0.1, 0.15) is 13.2 Å². The Morgan fingerprint density at radius 2 is 1.70 bits per heavy atom. The summed E-state index contributed by atoms with van der Waals surface area (Å²) < 4.78 is 27.1. The topological polar surface area (TPSA) is 80.3 Å². The summed E-state index contributed by atoms with van der Waals surface area (Å²) in [6, 6.07) is 9.68. The second-order valence-corrected chi connectivity index (χ2v) is 7.25. The highest BCUT2D eigenvalue weighted by Crippen LogP contribution is 2.31. The first-order chi connectivity index (χ1) is 14.5. The molecule has 1 aliphatic heterocycles. The molecule has 0 spiro atoms. The van der Waals surface area contributed by atoms with Crippen LogP contribution in [0.3, 0.4) is 0 Å². The average molecular weight is 414 g/mol. The van der Waals surface area contributed by atoms with Crippen LogP contribution in [0.25, 0.3) is 0 Å². The van der Waals surface area contributed by atoms with Gasteiger partial charge in [-0.05, 0) is 48.7 Å². The van der Waals surface area contributed by atoms with Crippen molar-refractivity contribution >= 4 is 11.8 Å². The number of Topliss-reactive ketones (excluding diaryl/α,β-unsaturated/α-hetero) is 1. The number of hydrogen-bond acceptors (Lipinski definition) is 7. The third-order valence-electron chi connectivity index (χ3n) is 4.55. The molecule has 0 N–H and O–H groups in total. The van der Waals surface area contributed by atoms with Crippen molar-refractivity contribution in [1.29, 1.82) is 0 Å². The fourth-order valence-corrected chi connectivity index (χ4v) is 2.83. The SMILES string of the molecule is COc1cc(C(=O)OCC(=O)c2ccc3c(c2)OCCO3)ccc1OCCC(C)C. The third kappa shape index (κ3) is 5.43. The molecule has 0 aliphatic carbocycles. The lowest BCUT2D eigenvalue weighted by Gasteiger charge is -2.18. The van der Waals surface area contributed by atoms with E-state index >= 15 is 0 Å². The van der Waals surface area contributed by atoms with Crippen LogP contribution in [0, 0.1) is 5.92 Å². The maximum Gasteiger partial charge on any atom is 0.338 e. The molecule has 0 unspecified atom stereocenters. The summed E-state index contributed by atoms with van der Waals surface area (Å²) in [6.45, 7) is 5.31. The summed E-state index contributed by atoms with van der Waals surface area (Å²) in [5, 5.41) is 0. The maximum absolute atomic E-state index is 12.4. The minimum atomic E-state index is -0.618. The number of esters is 1. The van der Waals surface area contributed by atoms with Gasteiger partial charge in [0.15, 0.2) is 35.4 Å². The minimum absolute atomic E-state index is 0.276. The zero-order valence-corrected chi connectivity index (χ0v) is 17.4. The number of carbonyl (C=O) groups excluding carboxylic acids is 2. The van der Waals surface area contributed by atoms with Crippen molar-refractivity contribution in [1.82, 2.24) is 0 Å². The Kier molecular flexibility index (Phi) is 7.17. The predicted octanol–water partition coefficient (Wildman–Crippen LogP) is 3.93. The zero-order chi connectivity index (χ0) is 21.5. The lowest BCUT2D eigenvalue weighted by atomic mass is 10.1. The van der Waals surface area contributed by atoms with Crippen LogP contribution in [0.15, 0.2) is 36.4 Å². The summed E-state index contributed by atoms with van der Waals surface area (Å²) in [5.74, 6) is 1.67. The van der Waals surface area contributed by atoms with Gasteiger partial charge < -0.3 is 23.7 Å². The Labute approximate surface area is 175 Å². The number of carbonyl (C=O) groups is 2. The number of ketones is 1. The molecule has 7 nitrogen and oxygen atoms in total. The van der Waals surface area contributed by atoms with E-state index in [9.17, 15) is 9.59 Å². The first-order valence-corrected chi connectivity index (χ1v) is 9.88. The van der Waals surface area contributed by atoms with E-state index in [1.54, 1.807) is 36.4 Å². The van der Waals surface area contributed by atoms with E-state index < -0.39 is 5.97 Å². The fraction of sp³-hybridized carbons (Fsp3) is 0.391. The number of fused-ring (bicyclic) bond motifs is 1. The molecule has 2 aromatic carbocycles. The molecule has 0 bridgehead atoms. The monoisotopic (exact) mass is 414 g/mol. The molecule has 1 heterocycles. The Bertz CT molecular complexity index is 904. The van der Waals surface area contributed by atoms with Crippen LogP contribution < -0.4 is 18.9 Å². The van der Waals surface area contributed by atoms with Gasteiger partial charge in [0.05, 0.1) is 19.3 Å². The van der Waals surface area contributed by atoms with Crippen molar-refractivity contribution < 1.29 is 33.3 Å². The Balaban J connectivity index is 1.59. The van der Waals surface area contributed by atoms with Gasteiger partial charge in [-0.25, -0.2) is 4.79 Å². The number of ether oxygens (including phenoxy) is 5. The second kappa shape index (κ2) is 10.0. The van der Waals surface area contributed by atoms with Gasteiger partial charge in [0, 0.05) is 5.56 Å². The molecular formula is C23H26O7. The molecule has 0 atom stereocenters. The van der Waals surface area contributed by atoms with Crippen LogP contribution in [-0.2, 0) is 4.74 Å². The van der Waals surface area contributed by atoms with E-state index in [1.807, 2.05) is 0 Å². The highest BCUT2D eigenvalue weighted by atomic mass is 16.6. The molecule has 30 heavy (non-hydrogen) atoms.